The van der Waals surface area contributed by atoms with Gasteiger partial charge in [-0.15, -0.1) is 0 Å². The molecule has 3 atom stereocenters. The predicted octanol–water partition coefficient (Wildman–Crippen LogP) is 5.83. The number of nitrogens with zero attached hydrogens (tertiary/aromatic N) is 2. The summed E-state index contributed by atoms with van der Waals surface area (Å²) in [4.78, 5) is 27.7. The summed E-state index contributed by atoms with van der Waals surface area (Å²) >= 11 is 0. The average Bonchev–Trinajstić information content (AvgIpc) is 3.47. The lowest BCUT2D eigenvalue weighted by atomic mass is 9.85. The highest BCUT2D eigenvalue weighted by Crippen LogP contribution is 2.59. The van der Waals surface area contributed by atoms with Crippen LogP contribution in [0.15, 0.2) is 103 Å². The first-order valence-electron chi connectivity index (χ1n) is 12.2. The molecule has 0 aliphatic carbocycles. The van der Waals surface area contributed by atoms with Crippen molar-refractivity contribution in [3.05, 3.63) is 135 Å². The Morgan fingerprint density at radius 2 is 1.61 bits per heavy atom. The number of amides is 1. The van der Waals surface area contributed by atoms with Crippen molar-refractivity contribution in [1.29, 1.82) is 0 Å². The highest BCUT2D eigenvalue weighted by atomic mass is 16.7. The molecule has 6 rings (SSSR count). The zero-order valence-corrected chi connectivity index (χ0v) is 20.5. The quantitative estimate of drug-likeness (QED) is 0.240. The van der Waals surface area contributed by atoms with E-state index >= 15 is 0 Å². The standard InChI is InChI=1S/C30H24N2O6/c1-36-22-17-15-21(16-18-22)28-37-27(23-11-5-7-13-25(23)32(34)35)30(38-28)24-12-6-8-14-26(24)31(29(30)33)19-20-9-3-2-4-10-20/h2-18,27-28H,19H2,1H3/t27-,28+,30-/m1/s1. The summed E-state index contributed by atoms with van der Waals surface area (Å²) in [6, 6.07) is 30.5. The van der Waals surface area contributed by atoms with Crippen molar-refractivity contribution in [2.45, 2.75) is 24.5 Å². The molecule has 8 heteroatoms. The molecular formula is C30H24N2O6. The Balaban J connectivity index is 1.52. The number of para-hydroxylation sites is 2. The van der Waals surface area contributed by atoms with Crippen molar-refractivity contribution in [2.24, 2.45) is 0 Å². The Bertz CT molecular complexity index is 1510. The summed E-state index contributed by atoms with van der Waals surface area (Å²) in [6.07, 6.45) is -2.01. The van der Waals surface area contributed by atoms with Gasteiger partial charge in [-0.3, -0.25) is 14.9 Å². The topological polar surface area (TPSA) is 91.1 Å². The Morgan fingerprint density at radius 3 is 2.34 bits per heavy atom. The fraction of sp³-hybridized carbons (Fsp3) is 0.167. The van der Waals surface area contributed by atoms with E-state index in [4.69, 9.17) is 14.2 Å². The number of benzene rings is 4. The SMILES string of the molecule is COc1ccc([C@H]2O[C@H](c3ccccc3[N+](=O)[O-])[C@@]3(O2)C(=O)N(Cc2ccccc2)c2ccccc23)cc1. The van der Waals surface area contributed by atoms with Gasteiger partial charge in [-0.25, -0.2) is 0 Å². The molecule has 0 radical (unpaired) electrons. The molecule has 190 valence electrons. The molecule has 1 saturated heterocycles. The molecule has 0 unspecified atom stereocenters. The Kier molecular flexibility index (Phi) is 5.90. The summed E-state index contributed by atoms with van der Waals surface area (Å²) < 4.78 is 18.3. The molecule has 2 aliphatic rings. The average molecular weight is 509 g/mol. The molecule has 8 nitrogen and oxygen atoms in total. The number of anilines is 1. The number of rotatable bonds is 6. The lowest BCUT2D eigenvalue weighted by molar-refractivity contribution is -0.386. The van der Waals surface area contributed by atoms with Crippen LogP contribution in [0.3, 0.4) is 0 Å². The molecule has 0 aromatic heterocycles. The Hall–Kier alpha value is -4.53. The van der Waals surface area contributed by atoms with Crippen LogP contribution in [0.25, 0.3) is 0 Å². The van der Waals surface area contributed by atoms with Gasteiger partial charge in [-0.1, -0.05) is 72.8 Å². The van der Waals surface area contributed by atoms with E-state index in [2.05, 4.69) is 0 Å². The first kappa shape index (κ1) is 23.8. The second kappa shape index (κ2) is 9.41. The maximum Gasteiger partial charge on any atom is 0.275 e. The normalized spacial score (nSPS) is 22.0. The van der Waals surface area contributed by atoms with Crippen molar-refractivity contribution in [3.63, 3.8) is 0 Å². The largest absolute Gasteiger partial charge is 0.497 e. The molecule has 0 bridgehead atoms. The van der Waals surface area contributed by atoms with Crippen LogP contribution >= 0.6 is 0 Å². The molecule has 2 heterocycles. The van der Waals surface area contributed by atoms with E-state index in [-0.39, 0.29) is 17.2 Å². The summed E-state index contributed by atoms with van der Waals surface area (Å²) in [5, 5.41) is 12.0. The zero-order valence-electron chi connectivity index (χ0n) is 20.5. The van der Waals surface area contributed by atoms with E-state index in [1.165, 1.54) is 6.07 Å². The number of hydrogen-bond acceptors (Lipinski definition) is 6. The Morgan fingerprint density at radius 1 is 0.921 bits per heavy atom. The molecule has 0 N–H and O–H groups in total. The number of nitro groups is 1. The lowest BCUT2D eigenvalue weighted by Gasteiger charge is -2.28. The van der Waals surface area contributed by atoms with Crippen molar-refractivity contribution < 1.29 is 23.9 Å². The van der Waals surface area contributed by atoms with Gasteiger partial charge in [-0.05, 0) is 29.8 Å². The highest BCUT2D eigenvalue weighted by Gasteiger charge is 2.64. The van der Waals surface area contributed by atoms with E-state index in [0.717, 1.165) is 5.56 Å². The molecular weight excluding hydrogens is 484 g/mol. The van der Waals surface area contributed by atoms with E-state index in [1.54, 1.807) is 54.5 Å². The van der Waals surface area contributed by atoms with Crippen LogP contribution < -0.4 is 9.64 Å². The molecule has 2 aliphatic heterocycles. The van der Waals surface area contributed by atoms with E-state index in [9.17, 15) is 14.9 Å². The molecule has 1 fully saturated rings. The lowest BCUT2D eigenvalue weighted by Crippen LogP contribution is -2.43. The first-order chi connectivity index (χ1) is 18.5. The fourth-order valence-corrected chi connectivity index (χ4v) is 5.29. The summed E-state index contributed by atoms with van der Waals surface area (Å²) in [6.45, 7) is 0.318. The Labute approximate surface area is 219 Å². The molecule has 1 amide bonds. The fourth-order valence-electron chi connectivity index (χ4n) is 5.29. The van der Waals surface area contributed by atoms with Crippen molar-refractivity contribution in [3.8, 4) is 5.75 Å². The van der Waals surface area contributed by atoms with Gasteiger partial charge >= 0.3 is 0 Å². The minimum atomic E-state index is -1.62. The van der Waals surface area contributed by atoms with Crippen LogP contribution in [0, 0.1) is 10.1 Å². The number of carbonyl (C=O) groups is 1. The second-order valence-electron chi connectivity index (χ2n) is 9.18. The number of nitro benzene ring substituents is 1. The maximum absolute atomic E-state index is 14.5. The highest BCUT2D eigenvalue weighted by molar-refractivity contribution is 6.07. The monoisotopic (exact) mass is 508 g/mol. The number of hydrogen-bond donors (Lipinski definition) is 0. The van der Waals surface area contributed by atoms with Crippen molar-refractivity contribution in [2.75, 3.05) is 12.0 Å². The van der Waals surface area contributed by atoms with Gasteiger partial charge in [0.1, 0.15) is 11.9 Å². The van der Waals surface area contributed by atoms with Gasteiger partial charge in [0.05, 0.1) is 29.8 Å². The van der Waals surface area contributed by atoms with Crippen LogP contribution in [0.5, 0.6) is 5.75 Å². The third kappa shape index (κ3) is 3.73. The van der Waals surface area contributed by atoms with E-state index in [0.29, 0.717) is 29.1 Å². The number of fused-ring (bicyclic) bond motifs is 2. The van der Waals surface area contributed by atoms with E-state index < -0.39 is 22.9 Å². The maximum atomic E-state index is 14.5. The predicted molar refractivity (Wildman–Crippen MR) is 139 cm³/mol. The van der Waals surface area contributed by atoms with Gasteiger partial charge in [-0.2, -0.15) is 0 Å². The van der Waals surface area contributed by atoms with Gasteiger partial charge < -0.3 is 19.1 Å². The van der Waals surface area contributed by atoms with Gasteiger partial charge in [0.25, 0.3) is 11.6 Å². The van der Waals surface area contributed by atoms with Crippen LogP contribution in [0.4, 0.5) is 11.4 Å². The molecule has 38 heavy (non-hydrogen) atoms. The third-order valence-electron chi connectivity index (χ3n) is 7.07. The summed E-state index contributed by atoms with van der Waals surface area (Å²) in [7, 11) is 1.58. The van der Waals surface area contributed by atoms with Gasteiger partial charge in [0, 0.05) is 17.2 Å². The molecule has 4 aromatic rings. The molecule has 1 spiro atoms. The smallest absolute Gasteiger partial charge is 0.275 e. The second-order valence-corrected chi connectivity index (χ2v) is 9.18. The minimum Gasteiger partial charge on any atom is -0.497 e. The van der Waals surface area contributed by atoms with Crippen LogP contribution in [0.2, 0.25) is 0 Å². The van der Waals surface area contributed by atoms with Gasteiger partial charge in [0.15, 0.2) is 6.29 Å². The van der Waals surface area contributed by atoms with Crippen molar-refractivity contribution >= 4 is 17.3 Å². The number of methoxy groups -OCH3 is 1. The van der Waals surface area contributed by atoms with Crippen LogP contribution in [0.1, 0.15) is 34.6 Å². The minimum absolute atomic E-state index is 0.136. The van der Waals surface area contributed by atoms with Crippen LogP contribution in [-0.4, -0.2) is 17.9 Å². The molecule has 4 aromatic carbocycles. The first-order valence-corrected chi connectivity index (χ1v) is 12.2. The molecule has 0 saturated carbocycles. The summed E-state index contributed by atoms with van der Waals surface area (Å²) in [5.74, 6) is 0.328. The van der Waals surface area contributed by atoms with Crippen molar-refractivity contribution in [1.82, 2.24) is 0 Å². The number of ether oxygens (including phenoxy) is 3. The van der Waals surface area contributed by atoms with Crippen LogP contribution in [-0.2, 0) is 26.4 Å². The summed E-state index contributed by atoms with van der Waals surface area (Å²) in [5.41, 5.74) is 1.42. The third-order valence-corrected chi connectivity index (χ3v) is 7.07. The number of carbonyl (C=O) groups excluding carboxylic acids is 1. The van der Waals surface area contributed by atoms with Gasteiger partial charge in [0.2, 0.25) is 5.60 Å². The van der Waals surface area contributed by atoms with E-state index in [1.807, 2.05) is 54.6 Å². The zero-order chi connectivity index (χ0) is 26.3.